The fourth-order valence-corrected chi connectivity index (χ4v) is 1.66. The standard InChI is InChI=1S/C12H15ClO3/c1-12(2,3)9-5-7(6-13)4-8(10(9)14)11(15)16/h4-5,14H,6H2,1-3H3,(H,15,16). The Hall–Kier alpha value is -1.22. The van der Waals surface area contributed by atoms with E-state index in [2.05, 4.69) is 0 Å². The molecule has 0 aliphatic carbocycles. The molecule has 0 radical (unpaired) electrons. The number of carboxylic acids is 1. The summed E-state index contributed by atoms with van der Waals surface area (Å²) in [4.78, 5) is 11.0. The molecule has 0 aliphatic heterocycles. The highest BCUT2D eigenvalue weighted by Crippen LogP contribution is 2.34. The summed E-state index contributed by atoms with van der Waals surface area (Å²) in [6, 6.07) is 3.15. The topological polar surface area (TPSA) is 57.5 Å². The third-order valence-corrected chi connectivity index (χ3v) is 2.67. The summed E-state index contributed by atoms with van der Waals surface area (Å²) < 4.78 is 0. The van der Waals surface area contributed by atoms with E-state index in [0.29, 0.717) is 11.1 Å². The van der Waals surface area contributed by atoms with Gasteiger partial charge >= 0.3 is 5.97 Å². The van der Waals surface area contributed by atoms with Gasteiger partial charge in [0.25, 0.3) is 0 Å². The Morgan fingerprint density at radius 1 is 1.38 bits per heavy atom. The molecule has 0 spiro atoms. The van der Waals surface area contributed by atoms with Crippen LogP contribution in [0.5, 0.6) is 5.75 Å². The molecule has 3 nitrogen and oxygen atoms in total. The maximum atomic E-state index is 11.0. The zero-order chi connectivity index (χ0) is 12.5. The largest absolute Gasteiger partial charge is 0.507 e. The van der Waals surface area contributed by atoms with Crippen LogP contribution in [0.4, 0.5) is 0 Å². The van der Waals surface area contributed by atoms with E-state index >= 15 is 0 Å². The molecule has 0 bridgehead atoms. The van der Waals surface area contributed by atoms with Gasteiger partial charge in [-0.05, 0) is 17.0 Å². The smallest absolute Gasteiger partial charge is 0.339 e. The normalized spacial score (nSPS) is 11.5. The van der Waals surface area contributed by atoms with Crippen LogP contribution in [0.2, 0.25) is 0 Å². The lowest BCUT2D eigenvalue weighted by Crippen LogP contribution is -2.14. The van der Waals surface area contributed by atoms with Gasteiger partial charge in [0.15, 0.2) is 0 Å². The highest BCUT2D eigenvalue weighted by Gasteiger charge is 2.23. The zero-order valence-corrected chi connectivity index (χ0v) is 10.3. The first-order chi connectivity index (χ1) is 7.27. The molecule has 4 heteroatoms. The van der Waals surface area contributed by atoms with E-state index < -0.39 is 5.97 Å². The van der Waals surface area contributed by atoms with Crippen molar-refractivity contribution < 1.29 is 15.0 Å². The SMILES string of the molecule is CC(C)(C)c1cc(CCl)cc(C(=O)O)c1O. The molecule has 0 aliphatic rings. The van der Waals surface area contributed by atoms with Crippen molar-refractivity contribution in [2.24, 2.45) is 0 Å². The molecule has 0 saturated heterocycles. The van der Waals surface area contributed by atoms with Crippen LogP contribution < -0.4 is 0 Å². The van der Waals surface area contributed by atoms with Gasteiger partial charge in [0, 0.05) is 11.4 Å². The van der Waals surface area contributed by atoms with Crippen molar-refractivity contribution in [1.29, 1.82) is 0 Å². The van der Waals surface area contributed by atoms with Gasteiger partial charge in [-0.25, -0.2) is 4.79 Å². The first-order valence-electron chi connectivity index (χ1n) is 4.93. The van der Waals surface area contributed by atoms with Crippen LogP contribution in [0.3, 0.4) is 0 Å². The Kier molecular flexibility index (Phi) is 3.48. The second-order valence-corrected chi connectivity index (χ2v) is 5.00. The minimum atomic E-state index is -1.14. The number of carboxylic acid groups (broad SMARTS) is 1. The molecule has 0 atom stereocenters. The monoisotopic (exact) mass is 242 g/mol. The van der Waals surface area contributed by atoms with Gasteiger partial charge in [0.1, 0.15) is 11.3 Å². The third-order valence-electron chi connectivity index (χ3n) is 2.36. The molecule has 1 aromatic rings. The quantitative estimate of drug-likeness (QED) is 0.784. The maximum Gasteiger partial charge on any atom is 0.339 e. The van der Waals surface area contributed by atoms with Crippen LogP contribution in [0, 0.1) is 0 Å². The van der Waals surface area contributed by atoms with Crippen LogP contribution >= 0.6 is 11.6 Å². The number of aromatic carboxylic acids is 1. The minimum Gasteiger partial charge on any atom is -0.507 e. The van der Waals surface area contributed by atoms with Gasteiger partial charge in [0.05, 0.1) is 0 Å². The van der Waals surface area contributed by atoms with E-state index in [1.54, 1.807) is 6.07 Å². The van der Waals surface area contributed by atoms with Crippen LogP contribution in [0.25, 0.3) is 0 Å². The second kappa shape index (κ2) is 4.34. The third kappa shape index (κ3) is 2.47. The van der Waals surface area contributed by atoms with Crippen LogP contribution in [-0.4, -0.2) is 16.2 Å². The molecule has 0 amide bonds. The number of aromatic hydroxyl groups is 1. The lowest BCUT2D eigenvalue weighted by Gasteiger charge is -2.22. The summed E-state index contributed by atoms with van der Waals surface area (Å²) in [5, 5.41) is 18.9. The highest BCUT2D eigenvalue weighted by molar-refractivity contribution is 6.17. The second-order valence-electron chi connectivity index (χ2n) is 4.73. The Labute approximate surface area is 99.7 Å². The molecule has 0 aromatic heterocycles. The van der Waals surface area contributed by atoms with Crippen molar-refractivity contribution in [1.82, 2.24) is 0 Å². The van der Waals surface area contributed by atoms with Crippen molar-refractivity contribution >= 4 is 17.6 Å². The summed E-state index contributed by atoms with van der Waals surface area (Å²) in [7, 11) is 0. The fraction of sp³-hybridized carbons (Fsp3) is 0.417. The molecular weight excluding hydrogens is 228 g/mol. The van der Waals surface area contributed by atoms with Crippen LogP contribution in [-0.2, 0) is 11.3 Å². The molecule has 0 saturated carbocycles. The van der Waals surface area contributed by atoms with Crippen LogP contribution in [0.15, 0.2) is 12.1 Å². The van der Waals surface area contributed by atoms with Crippen molar-refractivity contribution in [3.8, 4) is 5.75 Å². The fourth-order valence-electron chi connectivity index (χ4n) is 1.51. The summed E-state index contributed by atoms with van der Waals surface area (Å²) >= 11 is 5.70. The molecular formula is C12H15ClO3. The van der Waals surface area contributed by atoms with E-state index in [4.69, 9.17) is 16.7 Å². The lowest BCUT2D eigenvalue weighted by molar-refractivity contribution is 0.0693. The van der Waals surface area contributed by atoms with Crippen LogP contribution in [0.1, 0.15) is 42.3 Å². The number of rotatable bonds is 2. The average Bonchev–Trinajstić information content (AvgIpc) is 2.15. The molecule has 0 unspecified atom stereocenters. The maximum absolute atomic E-state index is 11.0. The average molecular weight is 243 g/mol. The summed E-state index contributed by atoms with van der Waals surface area (Å²) in [6.45, 7) is 5.73. The first-order valence-corrected chi connectivity index (χ1v) is 5.46. The minimum absolute atomic E-state index is 0.0944. The number of carbonyl (C=O) groups is 1. The van der Waals surface area contributed by atoms with Gasteiger partial charge in [-0.1, -0.05) is 26.8 Å². The Balaban J connectivity index is 3.50. The highest BCUT2D eigenvalue weighted by atomic mass is 35.5. The van der Waals surface area contributed by atoms with Gasteiger partial charge in [0.2, 0.25) is 0 Å². The van der Waals surface area contributed by atoms with Gasteiger partial charge in [-0.3, -0.25) is 0 Å². The first kappa shape index (κ1) is 12.8. The summed E-state index contributed by atoms with van der Waals surface area (Å²) in [5.41, 5.74) is 0.879. The number of alkyl halides is 1. The van der Waals surface area contributed by atoms with E-state index in [1.165, 1.54) is 6.07 Å². The molecule has 0 heterocycles. The number of hydrogen-bond donors (Lipinski definition) is 2. The predicted molar refractivity (Wildman–Crippen MR) is 63.3 cm³/mol. The molecule has 2 N–H and O–H groups in total. The predicted octanol–water partition coefficient (Wildman–Crippen LogP) is 3.13. The zero-order valence-electron chi connectivity index (χ0n) is 9.54. The van der Waals surface area contributed by atoms with Crippen molar-refractivity contribution in [2.45, 2.75) is 32.1 Å². The number of phenols is 1. The Morgan fingerprint density at radius 2 is 1.94 bits per heavy atom. The van der Waals surface area contributed by atoms with E-state index in [-0.39, 0.29) is 22.6 Å². The Morgan fingerprint density at radius 3 is 2.31 bits per heavy atom. The molecule has 1 rings (SSSR count). The van der Waals surface area contributed by atoms with Crippen molar-refractivity contribution in [2.75, 3.05) is 0 Å². The lowest BCUT2D eigenvalue weighted by atomic mass is 9.84. The summed E-state index contributed by atoms with van der Waals surface area (Å²) in [5.74, 6) is -1.09. The molecule has 16 heavy (non-hydrogen) atoms. The van der Waals surface area contributed by atoms with Gasteiger partial charge in [-0.2, -0.15) is 0 Å². The van der Waals surface area contributed by atoms with E-state index in [0.717, 1.165) is 0 Å². The van der Waals surface area contributed by atoms with Crippen molar-refractivity contribution in [3.63, 3.8) is 0 Å². The number of benzene rings is 1. The van der Waals surface area contributed by atoms with Crippen molar-refractivity contribution in [3.05, 3.63) is 28.8 Å². The van der Waals surface area contributed by atoms with Gasteiger partial charge in [-0.15, -0.1) is 11.6 Å². The number of hydrogen-bond acceptors (Lipinski definition) is 2. The Bertz CT molecular complexity index is 419. The summed E-state index contributed by atoms with van der Waals surface area (Å²) in [6.07, 6.45) is 0. The number of halogens is 1. The molecule has 88 valence electrons. The van der Waals surface area contributed by atoms with Gasteiger partial charge < -0.3 is 10.2 Å². The van der Waals surface area contributed by atoms with E-state index in [9.17, 15) is 9.90 Å². The van der Waals surface area contributed by atoms with E-state index in [1.807, 2.05) is 20.8 Å². The molecule has 1 aromatic carbocycles. The molecule has 0 fully saturated rings.